The first-order chi connectivity index (χ1) is 10.7. The van der Waals surface area contributed by atoms with E-state index in [1.165, 1.54) is 0 Å². The molecule has 0 bridgehead atoms. The van der Waals surface area contributed by atoms with Crippen LogP contribution in [0.5, 0.6) is 0 Å². The fraction of sp³-hybridized carbons (Fsp3) is 1.00. The van der Waals surface area contributed by atoms with Crippen molar-refractivity contribution in [1.82, 2.24) is 4.90 Å². The lowest BCUT2D eigenvalue weighted by atomic mass is 10.2. The van der Waals surface area contributed by atoms with Crippen molar-refractivity contribution in [2.45, 2.75) is 90.0 Å². The summed E-state index contributed by atoms with van der Waals surface area (Å²) in [5.74, 6) is 0. The summed E-state index contributed by atoms with van der Waals surface area (Å²) in [6.07, 6.45) is 0.847. The van der Waals surface area contributed by atoms with Gasteiger partial charge in [-0.25, -0.2) is 0 Å². The van der Waals surface area contributed by atoms with E-state index >= 15 is 0 Å². The third-order valence-electron chi connectivity index (χ3n) is 4.65. The van der Waals surface area contributed by atoms with Gasteiger partial charge in [0.15, 0.2) is 0 Å². The fourth-order valence-electron chi connectivity index (χ4n) is 2.69. The molecule has 0 aromatic carbocycles. The van der Waals surface area contributed by atoms with Gasteiger partial charge in [-0.05, 0) is 80.1 Å². The van der Waals surface area contributed by atoms with Gasteiger partial charge in [0.25, 0.3) is 0 Å². The van der Waals surface area contributed by atoms with Crippen LogP contribution in [-0.4, -0.2) is 66.2 Å². The van der Waals surface area contributed by atoms with Gasteiger partial charge in [0, 0.05) is 11.2 Å². The van der Waals surface area contributed by atoms with E-state index in [0.717, 1.165) is 25.6 Å². The average Bonchev–Trinajstić information content (AvgIpc) is 2.38. The zero-order chi connectivity index (χ0) is 19.2. The molecule has 0 fully saturated rings. The Hall–Kier alpha value is -0.0231. The lowest BCUT2D eigenvalue weighted by Crippen LogP contribution is -2.65. The minimum absolute atomic E-state index is 0.173. The Morgan fingerprint density at radius 2 is 1.67 bits per heavy atom. The second-order valence-electron chi connectivity index (χ2n) is 8.52. The summed E-state index contributed by atoms with van der Waals surface area (Å²) in [4.78, 5) is 2.38. The molecule has 0 heterocycles. The van der Waals surface area contributed by atoms with Crippen molar-refractivity contribution in [3.63, 3.8) is 0 Å². The molecule has 2 unspecified atom stereocenters. The smallest absolute Gasteiger partial charge is 0.212 e. The maximum absolute atomic E-state index is 9.49. The van der Waals surface area contributed by atoms with Crippen LogP contribution in [0.15, 0.2) is 0 Å². The monoisotopic (exact) mass is 363 g/mol. The summed E-state index contributed by atoms with van der Waals surface area (Å²) in [5.41, 5.74) is 11.9. The summed E-state index contributed by atoms with van der Waals surface area (Å²) < 4.78 is 6.27. The normalized spacial score (nSPS) is 17.4. The summed E-state index contributed by atoms with van der Waals surface area (Å²) >= 11 is 0. The lowest BCUT2D eigenvalue weighted by molar-refractivity contribution is 0.0809. The third kappa shape index (κ3) is 8.89. The summed E-state index contributed by atoms with van der Waals surface area (Å²) in [6.45, 7) is 15.9. The predicted octanol–water partition coefficient (Wildman–Crippen LogP) is 1.39. The number of rotatable bonds is 12. The van der Waals surface area contributed by atoms with Crippen LogP contribution < -0.4 is 11.5 Å². The number of aliphatic hydroxyl groups excluding tert-OH is 2. The Morgan fingerprint density at radius 1 is 1.12 bits per heavy atom. The molecule has 7 heteroatoms. The molecular formula is C17H41N3O3Si. The van der Waals surface area contributed by atoms with Gasteiger partial charge < -0.3 is 31.0 Å². The third-order valence-corrected chi connectivity index (χ3v) is 9.53. The second kappa shape index (κ2) is 9.61. The minimum Gasteiger partial charge on any atom is -0.398 e. The first kappa shape index (κ1) is 24.0. The zero-order valence-corrected chi connectivity index (χ0v) is 17.8. The maximum atomic E-state index is 9.49. The molecule has 0 aromatic heterocycles. The Labute approximate surface area is 149 Å². The minimum atomic E-state index is -2.24. The SMILES string of the molecule is CC(C)N(CCCC(O)CO)CC[Si](C)(OC(C)(C)N)C(C)(C)N. The van der Waals surface area contributed by atoms with E-state index in [-0.39, 0.29) is 11.8 Å². The molecule has 6 nitrogen and oxygen atoms in total. The molecule has 0 aromatic rings. The Kier molecular flexibility index (Phi) is 9.60. The molecule has 0 rings (SSSR count). The van der Waals surface area contributed by atoms with Crippen LogP contribution in [0.25, 0.3) is 0 Å². The summed E-state index contributed by atoms with van der Waals surface area (Å²) in [5, 5.41) is 18.0. The molecular weight excluding hydrogens is 322 g/mol. The van der Waals surface area contributed by atoms with E-state index in [4.69, 9.17) is 21.0 Å². The molecule has 146 valence electrons. The molecule has 0 aliphatic rings. The van der Waals surface area contributed by atoms with Crippen molar-refractivity contribution in [2.75, 3.05) is 19.7 Å². The Bertz CT molecular complexity index is 356. The highest BCUT2D eigenvalue weighted by atomic mass is 28.4. The van der Waals surface area contributed by atoms with E-state index in [1.54, 1.807) is 0 Å². The lowest BCUT2D eigenvalue weighted by Gasteiger charge is -2.44. The zero-order valence-electron chi connectivity index (χ0n) is 16.8. The largest absolute Gasteiger partial charge is 0.398 e. The first-order valence-electron chi connectivity index (χ1n) is 9.03. The van der Waals surface area contributed by atoms with Crippen molar-refractivity contribution in [1.29, 1.82) is 0 Å². The number of nitrogens with zero attached hydrogens (tertiary/aromatic N) is 1. The maximum Gasteiger partial charge on any atom is 0.212 e. The molecule has 6 N–H and O–H groups in total. The van der Waals surface area contributed by atoms with E-state index in [9.17, 15) is 5.11 Å². The molecule has 0 aliphatic heterocycles. The second-order valence-corrected chi connectivity index (χ2v) is 13.0. The molecule has 0 aliphatic carbocycles. The van der Waals surface area contributed by atoms with Crippen LogP contribution in [-0.2, 0) is 4.43 Å². The van der Waals surface area contributed by atoms with Gasteiger partial charge in [0.05, 0.1) is 18.4 Å². The first-order valence-corrected chi connectivity index (χ1v) is 11.6. The molecule has 0 amide bonds. The van der Waals surface area contributed by atoms with Gasteiger partial charge in [-0.2, -0.15) is 0 Å². The quantitative estimate of drug-likeness (QED) is 0.308. The van der Waals surface area contributed by atoms with Gasteiger partial charge in [0.1, 0.15) is 0 Å². The standard InChI is InChI=1S/C17H41N3O3Si/c1-14(2)20(10-8-9-15(22)13-21)11-12-24(7,17(5,6)19)23-16(3,4)18/h14-15,21-22H,8-13,18-19H2,1-7H3. The van der Waals surface area contributed by atoms with E-state index < -0.39 is 20.1 Å². The van der Waals surface area contributed by atoms with Crippen molar-refractivity contribution in [2.24, 2.45) is 11.5 Å². The van der Waals surface area contributed by atoms with Crippen LogP contribution in [0.2, 0.25) is 12.6 Å². The van der Waals surface area contributed by atoms with Gasteiger partial charge in [-0.1, -0.05) is 0 Å². The molecule has 24 heavy (non-hydrogen) atoms. The highest BCUT2D eigenvalue weighted by Crippen LogP contribution is 2.28. The van der Waals surface area contributed by atoms with E-state index in [1.807, 2.05) is 27.7 Å². The summed E-state index contributed by atoms with van der Waals surface area (Å²) in [7, 11) is -2.24. The van der Waals surface area contributed by atoms with Gasteiger partial charge in [-0.3, -0.25) is 0 Å². The molecule has 0 spiro atoms. The predicted molar refractivity (Wildman–Crippen MR) is 103 cm³/mol. The average molecular weight is 364 g/mol. The number of hydrogen-bond acceptors (Lipinski definition) is 6. The van der Waals surface area contributed by atoms with Gasteiger partial charge >= 0.3 is 0 Å². The molecule has 0 saturated carbocycles. The fourth-order valence-corrected chi connectivity index (χ4v) is 5.58. The van der Waals surface area contributed by atoms with E-state index in [0.29, 0.717) is 12.5 Å². The van der Waals surface area contributed by atoms with Crippen molar-refractivity contribution < 1.29 is 14.6 Å². The van der Waals surface area contributed by atoms with Crippen LogP contribution in [0.1, 0.15) is 54.4 Å². The topological polar surface area (TPSA) is 105 Å². The molecule has 0 radical (unpaired) electrons. The van der Waals surface area contributed by atoms with Crippen molar-refractivity contribution >= 4 is 8.32 Å². The van der Waals surface area contributed by atoms with Gasteiger partial charge in [-0.15, -0.1) is 0 Å². The highest BCUT2D eigenvalue weighted by molar-refractivity contribution is 6.75. The molecule has 0 saturated heterocycles. The van der Waals surface area contributed by atoms with Crippen LogP contribution in [0, 0.1) is 0 Å². The van der Waals surface area contributed by atoms with Crippen LogP contribution in [0.3, 0.4) is 0 Å². The summed E-state index contributed by atoms with van der Waals surface area (Å²) in [6, 6.07) is 1.30. The van der Waals surface area contributed by atoms with Crippen molar-refractivity contribution in [3.8, 4) is 0 Å². The number of aliphatic hydroxyl groups is 2. The van der Waals surface area contributed by atoms with Crippen LogP contribution >= 0.6 is 0 Å². The Morgan fingerprint density at radius 3 is 2.04 bits per heavy atom. The van der Waals surface area contributed by atoms with Crippen molar-refractivity contribution in [3.05, 3.63) is 0 Å². The Balaban J connectivity index is 4.82. The molecule has 2 atom stereocenters. The van der Waals surface area contributed by atoms with Crippen LogP contribution in [0.4, 0.5) is 0 Å². The van der Waals surface area contributed by atoms with Gasteiger partial charge in [0.2, 0.25) is 8.32 Å². The number of nitrogens with two attached hydrogens (primary N) is 2. The number of hydrogen-bond donors (Lipinski definition) is 4. The highest BCUT2D eigenvalue weighted by Gasteiger charge is 2.45. The van der Waals surface area contributed by atoms with E-state index in [2.05, 4.69) is 25.3 Å².